The van der Waals surface area contributed by atoms with E-state index >= 15 is 0 Å². The van der Waals surface area contributed by atoms with Crippen LogP contribution in [0.5, 0.6) is 0 Å². The first-order valence-corrected chi connectivity index (χ1v) is 10.9. The van der Waals surface area contributed by atoms with E-state index in [-0.39, 0.29) is 25.3 Å². The van der Waals surface area contributed by atoms with E-state index in [1.807, 2.05) is 30.3 Å². The largest absolute Gasteiger partial charge is 0.379 e. The van der Waals surface area contributed by atoms with Crippen LogP contribution < -0.4 is 16.4 Å². The SMILES string of the molecule is NC(=O)C1(C(=O)NCC(C(=O)NCCCN2CCOCC2)c2ccccc2)CC=CC1. The van der Waals surface area contributed by atoms with Crippen LogP contribution in [0.1, 0.15) is 30.7 Å². The van der Waals surface area contributed by atoms with Crippen molar-refractivity contribution in [1.82, 2.24) is 15.5 Å². The van der Waals surface area contributed by atoms with E-state index in [1.54, 1.807) is 12.2 Å². The third-order valence-corrected chi connectivity index (χ3v) is 6.04. The molecule has 8 nitrogen and oxygen atoms in total. The van der Waals surface area contributed by atoms with E-state index in [2.05, 4.69) is 15.5 Å². The highest BCUT2D eigenvalue weighted by Crippen LogP contribution is 2.33. The van der Waals surface area contributed by atoms with Crippen LogP contribution in [0.25, 0.3) is 0 Å². The van der Waals surface area contributed by atoms with Gasteiger partial charge in [0.1, 0.15) is 5.41 Å². The Labute approximate surface area is 183 Å². The number of rotatable bonds is 10. The quantitative estimate of drug-likeness (QED) is 0.286. The number of amides is 3. The fourth-order valence-corrected chi connectivity index (χ4v) is 4.02. The Balaban J connectivity index is 1.56. The number of nitrogens with zero attached hydrogens (tertiary/aromatic N) is 1. The van der Waals surface area contributed by atoms with E-state index in [9.17, 15) is 14.4 Å². The zero-order valence-corrected chi connectivity index (χ0v) is 17.8. The van der Waals surface area contributed by atoms with E-state index in [1.165, 1.54) is 0 Å². The molecule has 3 rings (SSSR count). The Morgan fingerprint density at radius 2 is 1.74 bits per heavy atom. The molecule has 1 fully saturated rings. The Kier molecular flexibility index (Phi) is 8.20. The van der Waals surface area contributed by atoms with Gasteiger partial charge in [-0.05, 0) is 31.4 Å². The molecule has 3 amide bonds. The summed E-state index contributed by atoms with van der Waals surface area (Å²) in [5, 5.41) is 5.80. The van der Waals surface area contributed by atoms with Crippen LogP contribution in [-0.2, 0) is 19.1 Å². The molecule has 0 radical (unpaired) electrons. The van der Waals surface area contributed by atoms with E-state index in [4.69, 9.17) is 10.5 Å². The van der Waals surface area contributed by atoms with Crippen molar-refractivity contribution >= 4 is 17.7 Å². The number of morpholine rings is 1. The Morgan fingerprint density at radius 1 is 1.06 bits per heavy atom. The van der Waals surface area contributed by atoms with Crippen LogP contribution in [0, 0.1) is 5.41 Å². The molecule has 1 aromatic rings. The van der Waals surface area contributed by atoms with Crippen molar-refractivity contribution in [3.05, 3.63) is 48.0 Å². The van der Waals surface area contributed by atoms with Gasteiger partial charge in [0.05, 0.1) is 19.1 Å². The molecule has 0 saturated carbocycles. The zero-order chi connectivity index (χ0) is 22.1. The number of hydrogen-bond acceptors (Lipinski definition) is 5. The fourth-order valence-electron chi connectivity index (χ4n) is 4.02. The van der Waals surface area contributed by atoms with Crippen LogP contribution >= 0.6 is 0 Å². The Bertz CT molecular complexity index is 782. The number of carbonyl (C=O) groups is 3. The lowest BCUT2D eigenvalue weighted by Crippen LogP contribution is -2.50. The summed E-state index contributed by atoms with van der Waals surface area (Å²) in [5.41, 5.74) is 5.08. The van der Waals surface area contributed by atoms with Crippen molar-refractivity contribution in [2.45, 2.75) is 25.2 Å². The number of carbonyl (C=O) groups excluding carboxylic acids is 3. The standard InChI is InChI=1S/C23H32N4O4/c24-21(29)23(9-4-5-10-23)22(30)26-17-19(18-7-2-1-3-8-18)20(28)25-11-6-12-27-13-15-31-16-14-27/h1-5,7-8,19H,6,9-17H2,(H2,24,29)(H,25,28)(H,26,30). The summed E-state index contributed by atoms with van der Waals surface area (Å²) >= 11 is 0. The molecule has 1 aliphatic heterocycles. The van der Waals surface area contributed by atoms with Crippen molar-refractivity contribution in [2.24, 2.45) is 11.1 Å². The smallest absolute Gasteiger partial charge is 0.236 e. The van der Waals surface area contributed by atoms with Crippen LogP contribution in [-0.4, -0.2) is 68.6 Å². The van der Waals surface area contributed by atoms with Gasteiger partial charge in [-0.2, -0.15) is 0 Å². The predicted octanol–water partition coefficient (Wildman–Crippen LogP) is 0.547. The number of benzene rings is 1. The van der Waals surface area contributed by atoms with E-state index in [0.29, 0.717) is 6.54 Å². The maximum Gasteiger partial charge on any atom is 0.236 e. The molecular weight excluding hydrogens is 396 g/mol. The molecule has 1 atom stereocenters. The van der Waals surface area contributed by atoms with Crippen molar-refractivity contribution in [2.75, 3.05) is 45.9 Å². The monoisotopic (exact) mass is 428 g/mol. The average Bonchev–Trinajstić information content (AvgIpc) is 3.30. The van der Waals surface area contributed by atoms with Crippen LogP contribution in [0.2, 0.25) is 0 Å². The first-order valence-electron chi connectivity index (χ1n) is 10.9. The van der Waals surface area contributed by atoms with Gasteiger partial charge < -0.3 is 21.1 Å². The van der Waals surface area contributed by atoms with Gasteiger partial charge in [-0.15, -0.1) is 0 Å². The molecule has 2 aliphatic rings. The van der Waals surface area contributed by atoms with Gasteiger partial charge in [0, 0.05) is 26.2 Å². The van der Waals surface area contributed by atoms with Gasteiger partial charge in [0.2, 0.25) is 17.7 Å². The summed E-state index contributed by atoms with van der Waals surface area (Å²) in [7, 11) is 0. The third-order valence-electron chi connectivity index (χ3n) is 6.04. The second-order valence-corrected chi connectivity index (χ2v) is 8.10. The van der Waals surface area contributed by atoms with Gasteiger partial charge in [-0.25, -0.2) is 0 Å². The highest BCUT2D eigenvalue weighted by Gasteiger charge is 2.44. The van der Waals surface area contributed by atoms with Crippen molar-refractivity contribution in [3.8, 4) is 0 Å². The van der Waals surface area contributed by atoms with Gasteiger partial charge in [0.15, 0.2) is 0 Å². The minimum Gasteiger partial charge on any atom is -0.379 e. The summed E-state index contributed by atoms with van der Waals surface area (Å²) in [6.45, 7) is 4.92. The fraction of sp³-hybridized carbons (Fsp3) is 0.522. The lowest BCUT2D eigenvalue weighted by Gasteiger charge is -2.27. The van der Waals surface area contributed by atoms with Gasteiger partial charge in [-0.1, -0.05) is 42.5 Å². The molecule has 4 N–H and O–H groups in total. The lowest BCUT2D eigenvalue weighted by atomic mass is 9.83. The predicted molar refractivity (Wildman–Crippen MR) is 117 cm³/mol. The number of ether oxygens (including phenoxy) is 1. The molecule has 168 valence electrons. The maximum absolute atomic E-state index is 12.9. The molecule has 1 aliphatic carbocycles. The topological polar surface area (TPSA) is 114 Å². The van der Waals surface area contributed by atoms with Crippen molar-refractivity contribution < 1.29 is 19.1 Å². The average molecular weight is 429 g/mol. The number of hydrogen-bond donors (Lipinski definition) is 3. The Hall–Kier alpha value is -2.71. The molecule has 8 heteroatoms. The molecule has 0 bridgehead atoms. The summed E-state index contributed by atoms with van der Waals surface area (Å²) in [6, 6.07) is 9.34. The molecule has 0 aromatic heterocycles. The molecule has 1 aromatic carbocycles. The normalized spacial score (nSPS) is 19.0. The molecule has 1 heterocycles. The van der Waals surface area contributed by atoms with Crippen molar-refractivity contribution in [3.63, 3.8) is 0 Å². The van der Waals surface area contributed by atoms with Crippen LogP contribution in [0.15, 0.2) is 42.5 Å². The van der Waals surface area contributed by atoms with E-state index < -0.39 is 23.1 Å². The lowest BCUT2D eigenvalue weighted by molar-refractivity contribution is -0.141. The van der Waals surface area contributed by atoms with Crippen molar-refractivity contribution in [1.29, 1.82) is 0 Å². The third kappa shape index (κ3) is 5.92. The summed E-state index contributed by atoms with van der Waals surface area (Å²) in [5.74, 6) is -1.76. The highest BCUT2D eigenvalue weighted by molar-refractivity contribution is 6.05. The first kappa shape index (κ1) is 23.0. The Morgan fingerprint density at radius 3 is 2.39 bits per heavy atom. The molecule has 1 unspecified atom stereocenters. The zero-order valence-electron chi connectivity index (χ0n) is 17.8. The van der Waals surface area contributed by atoms with Gasteiger partial charge in [0.25, 0.3) is 0 Å². The summed E-state index contributed by atoms with van der Waals surface area (Å²) in [6.07, 6.45) is 5.01. The van der Waals surface area contributed by atoms with Gasteiger partial charge in [-0.3, -0.25) is 19.3 Å². The van der Waals surface area contributed by atoms with E-state index in [0.717, 1.165) is 44.8 Å². The molecule has 1 saturated heterocycles. The minimum atomic E-state index is -1.25. The number of nitrogens with two attached hydrogens (primary N) is 1. The second-order valence-electron chi connectivity index (χ2n) is 8.10. The minimum absolute atomic E-state index is 0.104. The van der Waals surface area contributed by atoms with Crippen LogP contribution in [0.4, 0.5) is 0 Å². The van der Waals surface area contributed by atoms with Gasteiger partial charge >= 0.3 is 0 Å². The molecule has 31 heavy (non-hydrogen) atoms. The first-order chi connectivity index (χ1) is 15.0. The molecule has 0 spiro atoms. The number of primary amides is 1. The highest BCUT2D eigenvalue weighted by atomic mass is 16.5. The number of nitrogens with one attached hydrogen (secondary N) is 2. The number of allylic oxidation sites excluding steroid dienone is 2. The van der Waals surface area contributed by atoms with Crippen LogP contribution in [0.3, 0.4) is 0 Å². The maximum atomic E-state index is 12.9. The summed E-state index contributed by atoms with van der Waals surface area (Å²) in [4.78, 5) is 40.0. The molecular formula is C23H32N4O4. The second kappa shape index (κ2) is 11.1. The summed E-state index contributed by atoms with van der Waals surface area (Å²) < 4.78 is 5.35.